The van der Waals surface area contributed by atoms with Crippen LogP contribution in [0.4, 0.5) is 20.5 Å². The molecule has 178 valence electrons. The van der Waals surface area contributed by atoms with E-state index in [1.165, 1.54) is 6.42 Å². The van der Waals surface area contributed by atoms with Crippen molar-refractivity contribution in [3.05, 3.63) is 35.2 Å². The first-order valence-corrected chi connectivity index (χ1v) is 11.6. The van der Waals surface area contributed by atoms with E-state index in [1.807, 2.05) is 11.8 Å². The highest BCUT2D eigenvalue weighted by molar-refractivity contribution is 6.03. The molecule has 2 aliphatic carbocycles. The van der Waals surface area contributed by atoms with Crippen molar-refractivity contribution in [1.29, 1.82) is 0 Å². The van der Waals surface area contributed by atoms with Gasteiger partial charge in [-0.1, -0.05) is 13.8 Å². The first-order chi connectivity index (χ1) is 15.8. The van der Waals surface area contributed by atoms with Crippen molar-refractivity contribution in [3.63, 3.8) is 0 Å². The zero-order valence-corrected chi connectivity index (χ0v) is 19.1. The Labute approximate surface area is 191 Å². The van der Waals surface area contributed by atoms with Gasteiger partial charge in [0.1, 0.15) is 11.4 Å². The number of aryl methyl sites for hydroxylation is 1. The van der Waals surface area contributed by atoms with Crippen LogP contribution < -0.4 is 15.0 Å². The molecule has 33 heavy (non-hydrogen) atoms. The van der Waals surface area contributed by atoms with Gasteiger partial charge >= 0.3 is 0 Å². The predicted octanol–water partition coefficient (Wildman–Crippen LogP) is 4.56. The number of fused-ring (bicyclic) bond motifs is 1. The molecule has 0 radical (unpaired) electrons. The highest BCUT2D eigenvalue weighted by atomic mass is 19.1. The molecule has 1 aromatic carbocycles. The number of rotatable bonds is 8. The summed E-state index contributed by atoms with van der Waals surface area (Å²) < 4.78 is 46.2. The second-order valence-electron chi connectivity index (χ2n) is 9.41. The molecule has 1 N–H and O–H groups in total. The lowest BCUT2D eigenvalue weighted by Crippen LogP contribution is -2.62. The minimum Gasteiger partial charge on any atom is -0.484 e. The van der Waals surface area contributed by atoms with Crippen LogP contribution in [0.3, 0.4) is 0 Å². The molecule has 0 bridgehead atoms. The van der Waals surface area contributed by atoms with E-state index in [4.69, 9.17) is 13.9 Å². The van der Waals surface area contributed by atoms with Crippen molar-refractivity contribution < 1.29 is 27.5 Å². The summed E-state index contributed by atoms with van der Waals surface area (Å²) in [5.74, 6) is -0.939. The van der Waals surface area contributed by atoms with Crippen molar-refractivity contribution in [3.8, 4) is 5.75 Å². The lowest BCUT2D eigenvalue weighted by Gasteiger charge is -2.47. The lowest BCUT2D eigenvalue weighted by molar-refractivity contribution is -0.0379. The summed E-state index contributed by atoms with van der Waals surface area (Å²) in [6, 6.07) is 2.48. The van der Waals surface area contributed by atoms with Gasteiger partial charge in [0, 0.05) is 31.4 Å². The summed E-state index contributed by atoms with van der Waals surface area (Å²) in [5, 5.41) is 2.54. The number of oxazole rings is 1. The van der Waals surface area contributed by atoms with Crippen molar-refractivity contribution in [2.75, 3.05) is 30.4 Å². The summed E-state index contributed by atoms with van der Waals surface area (Å²) in [6.45, 7) is 5.13. The fourth-order valence-corrected chi connectivity index (χ4v) is 5.03. The Bertz CT molecular complexity index is 1030. The molecule has 2 aromatic rings. The molecule has 5 rings (SSSR count). The van der Waals surface area contributed by atoms with Crippen LogP contribution in [-0.2, 0) is 11.2 Å². The Balaban J connectivity index is 1.28. The van der Waals surface area contributed by atoms with Gasteiger partial charge in [-0.15, -0.1) is 0 Å². The molecule has 2 saturated carbocycles. The van der Waals surface area contributed by atoms with Crippen LogP contribution in [0.25, 0.3) is 0 Å². The molecule has 1 saturated heterocycles. The Morgan fingerprint density at radius 3 is 2.45 bits per heavy atom. The van der Waals surface area contributed by atoms with Gasteiger partial charge in [0.2, 0.25) is 0 Å². The van der Waals surface area contributed by atoms with Gasteiger partial charge in [-0.3, -0.25) is 4.79 Å². The van der Waals surface area contributed by atoms with E-state index in [0.29, 0.717) is 43.1 Å². The van der Waals surface area contributed by atoms with Gasteiger partial charge in [-0.25, -0.2) is 8.78 Å². The maximum Gasteiger partial charge on any atom is 0.298 e. The number of ether oxygens (including phenoxy) is 2. The fourth-order valence-electron chi connectivity index (χ4n) is 5.03. The van der Waals surface area contributed by atoms with E-state index < -0.39 is 17.5 Å². The second kappa shape index (κ2) is 8.27. The molecular weight excluding hydrogens is 432 g/mol. The standard InChI is InChI=1S/C24H29F2N3O4/c1-4-19-20(28-23(33-19)29-11-24(5-2,12-29)31-3)22(30)27-15-9-17(25)21(18(26)10-15)32-16-7-13-6-14(13)8-16/h9-10,13-14,16H,4-8,11-12H2,1-3H3,(H,27,30)/t13-,14?,16?/m0/s1. The van der Waals surface area contributed by atoms with Gasteiger partial charge in [-0.05, 0) is 37.5 Å². The molecule has 9 heteroatoms. The van der Waals surface area contributed by atoms with Gasteiger partial charge in [-0.2, -0.15) is 4.98 Å². The maximum absolute atomic E-state index is 14.6. The van der Waals surface area contributed by atoms with E-state index in [2.05, 4.69) is 17.2 Å². The van der Waals surface area contributed by atoms with E-state index >= 15 is 0 Å². The molecule has 1 amide bonds. The molecular formula is C24H29F2N3O4. The number of hydrogen-bond acceptors (Lipinski definition) is 6. The average molecular weight is 462 g/mol. The fraction of sp³-hybridized carbons (Fsp3) is 0.583. The number of methoxy groups -OCH3 is 1. The number of hydrogen-bond donors (Lipinski definition) is 1. The van der Waals surface area contributed by atoms with Crippen LogP contribution in [0.2, 0.25) is 0 Å². The first-order valence-electron chi connectivity index (χ1n) is 11.6. The normalized spacial score (nSPS) is 24.9. The van der Waals surface area contributed by atoms with Gasteiger partial charge < -0.3 is 24.1 Å². The molecule has 3 atom stereocenters. The third-order valence-electron chi connectivity index (χ3n) is 7.27. The van der Waals surface area contributed by atoms with Gasteiger partial charge in [0.15, 0.2) is 23.1 Å². The third kappa shape index (κ3) is 4.07. The number of aromatic nitrogens is 1. The second-order valence-corrected chi connectivity index (χ2v) is 9.41. The molecule has 3 fully saturated rings. The zero-order chi connectivity index (χ0) is 23.3. The number of halogens is 2. The minimum absolute atomic E-state index is 0.00319. The third-order valence-corrected chi connectivity index (χ3v) is 7.27. The predicted molar refractivity (Wildman–Crippen MR) is 118 cm³/mol. The summed E-state index contributed by atoms with van der Waals surface area (Å²) in [7, 11) is 1.68. The van der Waals surface area contributed by atoms with E-state index in [-0.39, 0.29) is 28.8 Å². The highest BCUT2D eigenvalue weighted by Gasteiger charge is 2.47. The van der Waals surface area contributed by atoms with Crippen molar-refractivity contribution in [1.82, 2.24) is 4.98 Å². The Hall–Kier alpha value is -2.68. The Kier molecular flexibility index (Phi) is 5.55. The highest BCUT2D eigenvalue weighted by Crippen LogP contribution is 2.52. The van der Waals surface area contributed by atoms with Crippen LogP contribution in [0.15, 0.2) is 16.5 Å². The SMILES string of the molecule is CCc1oc(N2CC(CC)(OC)C2)nc1C(=O)Nc1cc(F)c(OC2CC3C[C@H]3C2)c(F)c1. The van der Waals surface area contributed by atoms with E-state index in [9.17, 15) is 13.6 Å². The largest absolute Gasteiger partial charge is 0.484 e. The minimum atomic E-state index is -0.835. The van der Waals surface area contributed by atoms with Crippen LogP contribution >= 0.6 is 0 Å². The number of nitrogens with zero attached hydrogens (tertiary/aromatic N) is 2. The topological polar surface area (TPSA) is 76.8 Å². The number of carbonyl (C=O) groups excluding carboxylic acids is 1. The van der Waals surface area contributed by atoms with Crippen LogP contribution in [-0.4, -0.2) is 42.8 Å². The van der Waals surface area contributed by atoms with Crippen LogP contribution in [0, 0.1) is 23.5 Å². The molecule has 2 unspecified atom stereocenters. The molecule has 7 nitrogen and oxygen atoms in total. The zero-order valence-electron chi connectivity index (χ0n) is 19.1. The summed E-state index contributed by atoms with van der Waals surface area (Å²) in [4.78, 5) is 19.1. The quantitative estimate of drug-likeness (QED) is 0.621. The number of carbonyl (C=O) groups is 1. The van der Waals surface area contributed by atoms with Crippen molar-refractivity contribution >= 4 is 17.6 Å². The monoisotopic (exact) mass is 461 g/mol. The lowest BCUT2D eigenvalue weighted by atomic mass is 9.91. The number of nitrogens with one attached hydrogen (secondary N) is 1. The average Bonchev–Trinajstić information content (AvgIpc) is 3.18. The van der Waals surface area contributed by atoms with Crippen LogP contribution in [0.5, 0.6) is 5.75 Å². The summed E-state index contributed by atoms with van der Waals surface area (Å²) in [5.41, 5.74) is -0.136. The van der Waals surface area contributed by atoms with Gasteiger partial charge in [0.05, 0.1) is 19.2 Å². The van der Waals surface area contributed by atoms with Crippen molar-refractivity contribution in [2.45, 2.75) is 57.7 Å². The van der Waals surface area contributed by atoms with E-state index in [1.54, 1.807) is 7.11 Å². The number of amides is 1. The summed E-state index contributed by atoms with van der Waals surface area (Å²) in [6.07, 6.45) is 4.04. The molecule has 1 aromatic heterocycles. The first kappa shape index (κ1) is 22.1. The smallest absolute Gasteiger partial charge is 0.298 e. The van der Waals surface area contributed by atoms with Gasteiger partial charge in [0.25, 0.3) is 11.9 Å². The molecule has 2 heterocycles. The molecule has 3 aliphatic rings. The Morgan fingerprint density at radius 1 is 1.21 bits per heavy atom. The Morgan fingerprint density at radius 2 is 1.88 bits per heavy atom. The number of benzene rings is 1. The maximum atomic E-state index is 14.6. The molecule has 0 spiro atoms. The number of anilines is 2. The molecule has 1 aliphatic heterocycles. The van der Waals surface area contributed by atoms with Crippen LogP contribution in [0.1, 0.15) is 55.8 Å². The summed E-state index contributed by atoms with van der Waals surface area (Å²) >= 11 is 0. The van der Waals surface area contributed by atoms with Crippen molar-refractivity contribution in [2.24, 2.45) is 11.8 Å². The van der Waals surface area contributed by atoms with E-state index in [0.717, 1.165) is 31.4 Å².